The number of hydrogen-bond acceptors (Lipinski definition) is 2. The lowest BCUT2D eigenvalue weighted by atomic mass is 10.1. The molecule has 1 aromatic carbocycles. The highest BCUT2D eigenvalue weighted by molar-refractivity contribution is 5.60. The molecule has 82 valence electrons. The third-order valence-electron chi connectivity index (χ3n) is 2.35. The van der Waals surface area contributed by atoms with Crippen LogP contribution in [-0.2, 0) is 6.54 Å². The second-order valence-electron chi connectivity index (χ2n) is 3.56. The summed E-state index contributed by atoms with van der Waals surface area (Å²) in [5.41, 5.74) is 2.26. The minimum atomic E-state index is -0.237. The van der Waals surface area contributed by atoms with Crippen molar-refractivity contribution in [3.63, 3.8) is 0 Å². The van der Waals surface area contributed by atoms with Crippen molar-refractivity contribution in [2.24, 2.45) is 0 Å². The number of pyridine rings is 1. The zero-order valence-corrected chi connectivity index (χ0v) is 9.07. The molecule has 3 heteroatoms. The standard InChI is InChI=1S/C13H13FN2/c1-15-9-10-5-6-12(14)11(8-10)13-4-2-3-7-16-13/h2-8,15H,9H2,1H3. The van der Waals surface area contributed by atoms with Crippen molar-refractivity contribution < 1.29 is 4.39 Å². The normalized spacial score (nSPS) is 10.4. The van der Waals surface area contributed by atoms with E-state index in [0.717, 1.165) is 12.1 Å². The molecule has 0 aliphatic heterocycles. The first kappa shape index (κ1) is 10.8. The average Bonchev–Trinajstić information content (AvgIpc) is 2.33. The van der Waals surface area contributed by atoms with Crippen molar-refractivity contribution in [3.05, 3.63) is 54.0 Å². The fraction of sp³-hybridized carbons (Fsp3) is 0.154. The van der Waals surface area contributed by atoms with E-state index in [4.69, 9.17) is 0 Å². The van der Waals surface area contributed by atoms with E-state index < -0.39 is 0 Å². The van der Waals surface area contributed by atoms with E-state index in [2.05, 4.69) is 10.3 Å². The highest BCUT2D eigenvalue weighted by atomic mass is 19.1. The Morgan fingerprint density at radius 1 is 1.25 bits per heavy atom. The van der Waals surface area contributed by atoms with Gasteiger partial charge in [0.1, 0.15) is 5.82 Å². The third kappa shape index (κ3) is 2.25. The number of hydrogen-bond donors (Lipinski definition) is 1. The summed E-state index contributed by atoms with van der Waals surface area (Å²) < 4.78 is 13.6. The van der Waals surface area contributed by atoms with Crippen LogP contribution in [0.4, 0.5) is 4.39 Å². The molecular formula is C13H13FN2. The SMILES string of the molecule is CNCc1ccc(F)c(-c2ccccn2)c1. The van der Waals surface area contributed by atoms with Crippen molar-refractivity contribution in [2.45, 2.75) is 6.54 Å². The average molecular weight is 216 g/mol. The van der Waals surface area contributed by atoms with E-state index in [0.29, 0.717) is 11.3 Å². The topological polar surface area (TPSA) is 24.9 Å². The quantitative estimate of drug-likeness (QED) is 0.853. The highest BCUT2D eigenvalue weighted by Gasteiger charge is 2.06. The third-order valence-corrected chi connectivity index (χ3v) is 2.35. The summed E-state index contributed by atoms with van der Waals surface area (Å²) in [5, 5.41) is 3.04. The molecule has 2 nitrogen and oxygen atoms in total. The molecule has 0 atom stereocenters. The van der Waals surface area contributed by atoms with E-state index in [1.54, 1.807) is 12.3 Å². The maximum atomic E-state index is 13.6. The molecule has 16 heavy (non-hydrogen) atoms. The number of rotatable bonds is 3. The Hall–Kier alpha value is -1.74. The number of nitrogens with one attached hydrogen (secondary N) is 1. The number of aromatic nitrogens is 1. The Balaban J connectivity index is 2.43. The minimum Gasteiger partial charge on any atom is -0.316 e. The lowest BCUT2D eigenvalue weighted by Gasteiger charge is -2.05. The van der Waals surface area contributed by atoms with Gasteiger partial charge in [0.15, 0.2) is 0 Å². The van der Waals surface area contributed by atoms with Gasteiger partial charge in [-0.3, -0.25) is 4.98 Å². The van der Waals surface area contributed by atoms with Gasteiger partial charge in [-0.25, -0.2) is 4.39 Å². The van der Waals surface area contributed by atoms with E-state index in [9.17, 15) is 4.39 Å². The molecule has 0 aliphatic carbocycles. The fourth-order valence-electron chi connectivity index (χ4n) is 1.60. The fourth-order valence-corrected chi connectivity index (χ4v) is 1.60. The lowest BCUT2D eigenvalue weighted by molar-refractivity contribution is 0.629. The Labute approximate surface area is 94.2 Å². The highest BCUT2D eigenvalue weighted by Crippen LogP contribution is 2.21. The summed E-state index contributed by atoms with van der Waals surface area (Å²) >= 11 is 0. The Bertz CT molecular complexity index is 469. The molecule has 1 aromatic heterocycles. The first-order valence-corrected chi connectivity index (χ1v) is 5.15. The van der Waals surface area contributed by atoms with Crippen LogP contribution in [0, 0.1) is 5.82 Å². The minimum absolute atomic E-state index is 0.237. The zero-order valence-electron chi connectivity index (χ0n) is 9.07. The van der Waals surface area contributed by atoms with Gasteiger partial charge in [0.25, 0.3) is 0 Å². The molecule has 0 unspecified atom stereocenters. The van der Waals surface area contributed by atoms with Crippen molar-refractivity contribution in [2.75, 3.05) is 7.05 Å². The van der Waals surface area contributed by atoms with Crippen LogP contribution in [0.3, 0.4) is 0 Å². The molecule has 0 amide bonds. The van der Waals surface area contributed by atoms with Gasteiger partial charge in [-0.05, 0) is 36.9 Å². The summed E-state index contributed by atoms with van der Waals surface area (Å²) in [4.78, 5) is 4.15. The van der Waals surface area contributed by atoms with Gasteiger partial charge in [0.2, 0.25) is 0 Å². The van der Waals surface area contributed by atoms with Crippen LogP contribution >= 0.6 is 0 Å². The van der Waals surface area contributed by atoms with Gasteiger partial charge in [0, 0.05) is 18.3 Å². The summed E-state index contributed by atoms with van der Waals surface area (Å²) in [6.07, 6.45) is 1.67. The largest absolute Gasteiger partial charge is 0.316 e. The van der Waals surface area contributed by atoms with Crippen LogP contribution < -0.4 is 5.32 Å². The van der Waals surface area contributed by atoms with Crippen molar-refractivity contribution >= 4 is 0 Å². The van der Waals surface area contributed by atoms with E-state index >= 15 is 0 Å². The van der Waals surface area contributed by atoms with E-state index in [1.165, 1.54) is 6.07 Å². The molecule has 0 saturated heterocycles. The zero-order chi connectivity index (χ0) is 11.4. The van der Waals surface area contributed by atoms with Gasteiger partial charge >= 0.3 is 0 Å². The van der Waals surface area contributed by atoms with Gasteiger partial charge in [-0.1, -0.05) is 12.1 Å². The van der Waals surface area contributed by atoms with E-state index in [-0.39, 0.29) is 5.82 Å². The van der Waals surface area contributed by atoms with Crippen LogP contribution in [0.25, 0.3) is 11.3 Å². The molecule has 1 N–H and O–H groups in total. The van der Waals surface area contributed by atoms with Gasteiger partial charge in [0.05, 0.1) is 5.69 Å². The molecule has 0 saturated carbocycles. The van der Waals surface area contributed by atoms with Crippen LogP contribution in [0.1, 0.15) is 5.56 Å². The van der Waals surface area contributed by atoms with Crippen LogP contribution in [0.2, 0.25) is 0 Å². The maximum absolute atomic E-state index is 13.6. The van der Waals surface area contributed by atoms with Crippen LogP contribution in [0.15, 0.2) is 42.6 Å². The van der Waals surface area contributed by atoms with Crippen molar-refractivity contribution in [3.8, 4) is 11.3 Å². The molecule has 1 heterocycles. The number of nitrogens with zero attached hydrogens (tertiary/aromatic N) is 1. The van der Waals surface area contributed by atoms with Gasteiger partial charge < -0.3 is 5.32 Å². The molecule has 0 radical (unpaired) electrons. The van der Waals surface area contributed by atoms with Gasteiger partial charge in [-0.15, -0.1) is 0 Å². The summed E-state index contributed by atoms with van der Waals surface area (Å²) in [6, 6.07) is 10.6. The van der Waals surface area contributed by atoms with Crippen molar-refractivity contribution in [1.82, 2.24) is 10.3 Å². The van der Waals surface area contributed by atoms with Crippen LogP contribution in [0.5, 0.6) is 0 Å². The number of halogens is 1. The maximum Gasteiger partial charge on any atom is 0.132 e. The molecule has 0 fully saturated rings. The Morgan fingerprint density at radius 3 is 2.81 bits per heavy atom. The van der Waals surface area contributed by atoms with E-state index in [1.807, 2.05) is 31.3 Å². The predicted molar refractivity (Wildman–Crippen MR) is 62.4 cm³/mol. The molecular weight excluding hydrogens is 203 g/mol. The monoisotopic (exact) mass is 216 g/mol. The second kappa shape index (κ2) is 4.86. The Morgan fingerprint density at radius 2 is 2.12 bits per heavy atom. The van der Waals surface area contributed by atoms with Crippen LogP contribution in [-0.4, -0.2) is 12.0 Å². The summed E-state index contributed by atoms with van der Waals surface area (Å²) in [7, 11) is 1.86. The molecule has 2 aromatic rings. The number of benzene rings is 1. The molecule has 2 rings (SSSR count). The predicted octanol–water partition coefficient (Wildman–Crippen LogP) is 2.61. The lowest BCUT2D eigenvalue weighted by Crippen LogP contribution is -2.05. The van der Waals surface area contributed by atoms with Crippen molar-refractivity contribution in [1.29, 1.82) is 0 Å². The first-order valence-electron chi connectivity index (χ1n) is 5.15. The summed E-state index contributed by atoms with van der Waals surface area (Å²) in [5.74, 6) is -0.237. The molecule has 0 aliphatic rings. The first-order chi connectivity index (χ1) is 7.81. The molecule has 0 bridgehead atoms. The summed E-state index contributed by atoms with van der Waals surface area (Å²) in [6.45, 7) is 0.722. The second-order valence-corrected chi connectivity index (χ2v) is 3.56. The van der Waals surface area contributed by atoms with Gasteiger partial charge in [-0.2, -0.15) is 0 Å². The molecule has 0 spiro atoms. The smallest absolute Gasteiger partial charge is 0.132 e. The Kier molecular flexibility index (Phi) is 3.27.